The van der Waals surface area contributed by atoms with Crippen molar-refractivity contribution in [2.24, 2.45) is 17.8 Å². The summed E-state index contributed by atoms with van der Waals surface area (Å²) in [4.78, 5) is 11.4. The zero-order chi connectivity index (χ0) is 21.1. The second-order valence-electron chi connectivity index (χ2n) is 7.17. The monoisotopic (exact) mass is 443 g/mol. The third-order valence-corrected chi connectivity index (χ3v) is 8.65. The van der Waals surface area contributed by atoms with Crippen LogP contribution in [0.25, 0.3) is 0 Å². The van der Waals surface area contributed by atoms with Gasteiger partial charge in [0.15, 0.2) is 5.82 Å². The molecule has 156 valence electrons. The molecule has 3 atom stereocenters. The smallest absolute Gasteiger partial charge is 0.326 e. The summed E-state index contributed by atoms with van der Waals surface area (Å²) >= 11 is 0. The van der Waals surface area contributed by atoms with Gasteiger partial charge >= 0.3 is 10.2 Å². The van der Waals surface area contributed by atoms with E-state index in [2.05, 4.69) is 11.8 Å². The third-order valence-electron chi connectivity index (χ3n) is 5.46. The highest BCUT2D eigenvalue weighted by molar-refractivity contribution is 7.92. The van der Waals surface area contributed by atoms with Crippen molar-refractivity contribution >= 4 is 31.8 Å². The zero-order valence-electron chi connectivity index (χ0n) is 15.3. The van der Waals surface area contributed by atoms with Gasteiger partial charge in [0.05, 0.1) is 11.3 Å². The fourth-order valence-electron chi connectivity index (χ4n) is 3.81. The standard InChI is InChI=1S/C17H18FN3O6S2/c1-2-28(24,25)20-7-12-11(13(12)8-20)5-3-10-4-6-14(22)17(16(10)18)21-9-15(23)19-29(21,26)27/h4,6,11-13,22H,2,7-9H2,1H3,(H,19,23)/t11?,12-,13+. The highest BCUT2D eigenvalue weighted by atomic mass is 32.2. The predicted molar refractivity (Wildman–Crippen MR) is 101 cm³/mol. The Kier molecular flexibility index (Phi) is 4.52. The van der Waals surface area contributed by atoms with Crippen molar-refractivity contribution in [3.05, 3.63) is 23.5 Å². The normalized spacial score (nSPS) is 27.9. The number of fused-ring (bicyclic) bond motifs is 1. The molecular formula is C17H18FN3O6S2. The number of halogens is 1. The van der Waals surface area contributed by atoms with Crippen molar-refractivity contribution in [1.29, 1.82) is 0 Å². The topological polar surface area (TPSA) is 124 Å². The predicted octanol–water partition coefficient (Wildman–Crippen LogP) is -0.409. The molecule has 12 heteroatoms. The Morgan fingerprint density at radius 2 is 1.97 bits per heavy atom. The number of aromatic hydroxyl groups is 1. The molecule has 0 spiro atoms. The molecule has 29 heavy (non-hydrogen) atoms. The highest BCUT2D eigenvalue weighted by Crippen LogP contribution is 2.52. The highest BCUT2D eigenvalue weighted by Gasteiger charge is 2.57. The first-order valence-electron chi connectivity index (χ1n) is 8.89. The molecule has 2 aliphatic heterocycles. The van der Waals surface area contributed by atoms with Crippen molar-refractivity contribution in [3.63, 3.8) is 0 Å². The summed E-state index contributed by atoms with van der Waals surface area (Å²) in [6, 6.07) is 2.34. The van der Waals surface area contributed by atoms with Gasteiger partial charge in [0.25, 0.3) is 5.91 Å². The minimum Gasteiger partial charge on any atom is -0.506 e. The first-order valence-corrected chi connectivity index (χ1v) is 11.9. The van der Waals surface area contributed by atoms with E-state index in [9.17, 15) is 31.1 Å². The van der Waals surface area contributed by atoms with E-state index < -0.39 is 49.9 Å². The molecule has 2 saturated heterocycles. The first-order chi connectivity index (χ1) is 13.5. The van der Waals surface area contributed by atoms with E-state index in [1.165, 1.54) is 10.4 Å². The maximum Gasteiger partial charge on any atom is 0.326 e. The van der Waals surface area contributed by atoms with Crippen molar-refractivity contribution in [1.82, 2.24) is 9.03 Å². The number of carbonyl (C=O) groups excluding carboxylic acids is 1. The van der Waals surface area contributed by atoms with Gasteiger partial charge in [-0.15, -0.1) is 0 Å². The van der Waals surface area contributed by atoms with Crippen LogP contribution < -0.4 is 9.03 Å². The number of phenolic OH excluding ortho intramolecular Hbond substituents is 1. The molecule has 0 radical (unpaired) electrons. The number of hydrogen-bond donors (Lipinski definition) is 2. The number of nitrogens with one attached hydrogen (secondary N) is 1. The van der Waals surface area contributed by atoms with Crippen LogP contribution in [0.3, 0.4) is 0 Å². The summed E-state index contributed by atoms with van der Waals surface area (Å²) in [7, 11) is -7.51. The maximum absolute atomic E-state index is 14.9. The number of benzene rings is 1. The molecular weight excluding hydrogens is 425 g/mol. The van der Waals surface area contributed by atoms with Crippen LogP contribution in [0.15, 0.2) is 12.1 Å². The summed E-state index contributed by atoms with van der Waals surface area (Å²) in [5.41, 5.74) is -0.748. The van der Waals surface area contributed by atoms with E-state index in [4.69, 9.17) is 0 Å². The molecule has 0 aromatic heterocycles. The number of piperidine rings is 1. The Bertz CT molecular complexity index is 1160. The second kappa shape index (κ2) is 6.58. The number of anilines is 1. The van der Waals surface area contributed by atoms with Crippen molar-refractivity contribution in [3.8, 4) is 17.6 Å². The molecule has 4 rings (SSSR count). The van der Waals surface area contributed by atoms with E-state index in [1.807, 2.05) is 0 Å². The van der Waals surface area contributed by atoms with Crippen LogP contribution in [-0.2, 0) is 25.0 Å². The molecule has 1 amide bonds. The van der Waals surface area contributed by atoms with Gasteiger partial charge in [-0.25, -0.2) is 26.1 Å². The summed E-state index contributed by atoms with van der Waals surface area (Å²) in [5, 5.41) is 9.95. The second-order valence-corrected chi connectivity index (χ2v) is 11.0. The van der Waals surface area contributed by atoms with E-state index in [0.717, 1.165) is 6.07 Å². The van der Waals surface area contributed by atoms with Crippen LogP contribution in [-0.4, -0.2) is 57.5 Å². The third kappa shape index (κ3) is 3.33. The molecule has 0 bridgehead atoms. The summed E-state index contributed by atoms with van der Waals surface area (Å²) in [6.07, 6.45) is 0. The van der Waals surface area contributed by atoms with Gasteiger partial charge < -0.3 is 5.11 Å². The quantitative estimate of drug-likeness (QED) is 0.612. The minimum atomic E-state index is -4.28. The van der Waals surface area contributed by atoms with Crippen LogP contribution in [0.2, 0.25) is 0 Å². The van der Waals surface area contributed by atoms with Gasteiger partial charge in [0, 0.05) is 19.0 Å². The van der Waals surface area contributed by atoms with Gasteiger partial charge in [-0.2, -0.15) is 8.42 Å². The van der Waals surface area contributed by atoms with Gasteiger partial charge in [-0.1, -0.05) is 11.8 Å². The SMILES string of the molecule is CCS(=O)(=O)N1C[C@@H]2C(C#Cc3ccc(O)c(N4CC(=O)NS4(=O)=O)c3F)[C@@H]2C1. The lowest BCUT2D eigenvalue weighted by Crippen LogP contribution is -2.32. The molecule has 1 aromatic rings. The Balaban J connectivity index is 1.56. The molecule has 2 heterocycles. The summed E-state index contributed by atoms with van der Waals surface area (Å²) in [6.45, 7) is 1.73. The molecule has 3 aliphatic rings. The van der Waals surface area contributed by atoms with E-state index >= 15 is 0 Å². The molecule has 1 unspecified atom stereocenters. The van der Waals surface area contributed by atoms with Crippen LogP contribution in [0, 0.1) is 35.4 Å². The Morgan fingerprint density at radius 3 is 2.52 bits per heavy atom. The molecule has 2 N–H and O–H groups in total. The van der Waals surface area contributed by atoms with Crippen molar-refractivity contribution < 1.29 is 31.1 Å². The van der Waals surface area contributed by atoms with E-state index in [1.54, 1.807) is 11.6 Å². The molecule has 3 fully saturated rings. The van der Waals surface area contributed by atoms with Crippen molar-refractivity contribution in [2.45, 2.75) is 6.92 Å². The van der Waals surface area contributed by atoms with E-state index in [-0.39, 0.29) is 29.1 Å². The minimum absolute atomic E-state index is 0.0427. The fourth-order valence-corrected chi connectivity index (χ4v) is 6.13. The van der Waals surface area contributed by atoms with Gasteiger partial charge in [0.1, 0.15) is 18.0 Å². The van der Waals surface area contributed by atoms with Crippen LogP contribution in [0.4, 0.5) is 10.1 Å². The van der Waals surface area contributed by atoms with Gasteiger partial charge in [-0.3, -0.25) is 4.79 Å². The summed E-state index contributed by atoms with van der Waals surface area (Å²) < 4.78 is 66.2. The van der Waals surface area contributed by atoms with E-state index in [0.29, 0.717) is 17.4 Å². The molecule has 9 nitrogen and oxygen atoms in total. The first kappa shape index (κ1) is 19.9. The largest absolute Gasteiger partial charge is 0.506 e. The Morgan fingerprint density at radius 1 is 1.31 bits per heavy atom. The number of sulfonamides is 1. The van der Waals surface area contributed by atoms with Crippen molar-refractivity contribution in [2.75, 3.05) is 29.7 Å². The van der Waals surface area contributed by atoms with Gasteiger partial charge in [0.2, 0.25) is 10.0 Å². The lowest BCUT2D eigenvalue weighted by Gasteiger charge is -2.17. The molecule has 1 saturated carbocycles. The number of phenols is 1. The molecule has 1 aliphatic carbocycles. The Labute approximate surface area is 167 Å². The number of carbonyl (C=O) groups is 1. The number of nitrogens with zero attached hydrogens (tertiary/aromatic N) is 2. The average molecular weight is 443 g/mol. The van der Waals surface area contributed by atoms with Crippen LogP contribution in [0.5, 0.6) is 5.75 Å². The fraction of sp³-hybridized carbons (Fsp3) is 0.471. The maximum atomic E-state index is 14.9. The summed E-state index contributed by atoms with van der Waals surface area (Å²) in [5.74, 6) is 3.28. The number of amides is 1. The molecule has 1 aromatic carbocycles. The van der Waals surface area contributed by atoms with Crippen LogP contribution in [0.1, 0.15) is 12.5 Å². The zero-order valence-corrected chi connectivity index (χ0v) is 16.9. The lowest BCUT2D eigenvalue weighted by molar-refractivity contribution is -0.117. The number of rotatable bonds is 3. The van der Waals surface area contributed by atoms with Gasteiger partial charge in [-0.05, 0) is 30.9 Å². The Hall–Kier alpha value is -2.36. The number of hydrogen-bond acceptors (Lipinski definition) is 6. The average Bonchev–Trinajstić information content (AvgIpc) is 2.96. The van der Waals surface area contributed by atoms with Crippen LogP contribution >= 0.6 is 0 Å². The lowest BCUT2D eigenvalue weighted by atomic mass is 10.1.